The number of pyridine rings is 1. The van der Waals surface area contributed by atoms with Gasteiger partial charge in [-0.25, -0.2) is 4.98 Å². The molecular formula is C14H19N3. The van der Waals surface area contributed by atoms with Gasteiger partial charge in [0.15, 0.2) is 0 Å². The van der Waals surface area contributed by atoms with E-state index in [0.717, 1.165) is 17.7 Å². The number of rotatable bonds is 2. The molecule has 2 unspecified atom stereocenters. The van der Waals surface area contributed by atoms with Crippen LogP contribution in [0.1, 0.15) is 38.7 Å². The third-order valence-electron chi connectivity index (χ3n) is 3.45. The highest BCUT2D eigenvalue weighted by molar-refractivity contribution is 5.51. The Hall–Kier alpha value is -1.56. The maximum Gasteiger partial charge on any atom is 0.144 e. The van der Waals surface area contributed by atoms with E-state index >= 15 is 0 Å². The van der Waals surface area contributed by atoms with Gasteiger partial charge in [0, 0.05) is 12.2 Å². The molecule has 1 N–H and O–H groups in total. The van der Waals surface area contributed by atoms with Gasteiger partial charge >= 0.3 is 0 Å². The highest BCUT2D eigenvalue weighted by Crippen LogP contribution is 2.30. The number of hydrogen-bond acceptors (Lipinski definition) is 3. The van der Waals surface area contributed by atoms with Crippen LogP contribution in [0.15, 0.2) is 18.3 Å². The fraction of sp³-hybridized carbons (Fsp3) is 0.571. The second-order valence-electron chi connectivity index (χ2n) is 5.27. The third kappa shape index (κ3) is 2.97. The summed E-state index contributed by atoms with van der Waals surface area (Å²) in [5.41, 5.74) is 0.637. The molecule has 0 aliphatic heterocycles. The van der Waals surface area contributed by atoms with E-state index in [1.807, 2.05) is 6.07 Å². The Bertz CT molecular complexity index is 412. The maximum absolute atomic E-state index is 9.02. The fourth-order valence-corrected chi connectivity index (χ4v) is 2.87. The lowest BCUT2D eigenvalue weighted by molar-refractivity contribution is 0.280. The maximum atomic E-state index is 9.02. The average molecular weight is 229 g/mol. The molecule has 0 amide bonds. The Balaban J connectivity index is 2.08. The van der Waals surface area contributed by atoms with Crippen LogP contribution in [0.3, 0.4) is 0 Å². The van der Waals surface area contributed by atoms with Gasteiger partial charge in [-0.1, -0.05) is 13.8 Å². The van der Waals surface area contributed by atoms with E-state index in [4.69, 9.17) is 5.26 Å². The van der Waals surface area contributed by atoms with Crippen molar-refractivity contribution in [2.24, 2.45) is 11.8 Å². The van der Waals surface area contributed by atoms with E-state index in [0.29, 0.717) is 11.6 Å². The van der Waals surface area contributed by atoms with Crippen molar-refractivity contribution < 1.29 is 0 Å². The number of nitriles is 1. The van der Waals surface area contributed by atoms with Crippen LogP contribution in [0, 0.1) is 23.2 Å². The molecule has 0 aromatic carbocycles. The van der Waals surface area contributed by atoms with Crippen molar-refractivity contribution in [3.8, 4) is 6.07 Å². The molecule has 0 spiro atoms. The first kappa shape index (κ1) is 11.9. The van der Waals surface area contributed by atoms with Crippen molar-refractivity contribution in [3.05, 3.63) is 23.9 Å². The molecule has 17 heavy (non-hydrogen) atoms. The highest BCUT2D eigenvalue weighted by atomic mass is 15.0. The molecule has 1 aromatic rings. The van der Waals surface area contributed by atoms with Gasteiger partial charge in [-0.3, -0.25) is 0 Å². The molecule has 2 atom stereocenters. The molecule has 1 saturated carbocycles. The molecule has 1 aromatic heterocycles. The molecule has 3 heteroatoms. The van der Waals surface area contributed by atoms with Crippen LogP contribution in [0.5, 0.6) is 0 Å². The largest absolute Gasteiger partial charge is 0.366 e. The predicted molar refractivity (Wildman–Crippen MR) is 68.5 cm³/mol. The normalized spacial score (nSPS) is 28.4. The van der Waals surface area contributed by atoms with Gasteiger partial charge in [-0.05, 0) is 43.2 Å². The van der Waals surface area contributed by atoms with Crippen LogP contribution in [-0.4, -0.2) is 11.0 Å². The summed E-state index contributed by atoms with van der Waals surface area (Å²) in [4.78, 5) is 4.26. The molecule has 1 aliphatic rings. The zero-order valence-corrected chi connectivity index (χ0v) is 10.5. The molecule has 0 radical (unpaired) electrons. The Morgan fingerprint density at radius 1 is 1.29 bits per heavy atom. The third-order valence-corrected chi connectivity index (χ3v) is 3.45. The number of hydrogen-bond donors (Lipinski definition) is 1. The summed E-state index contributed by atoms with van der Waals surface area (Å²) in [7, 11) is 0. The van der Waals surface area contributed by atoms with Crippen LogP contribution < -0.4 is 5.32 Å². The topological polar surface area (TPSA) is 48.7 Å². The second-order valence-corrected chi connectivity index (χ2v) is 5.27. The lowest BCUT2D eigenvalue weighted by Crippen LogP contribution is -2.30. The Morgan fingerprint density at radius 3 is 2.65 bits per heavy atom. The SMILES string of the molecule is CC1CC(C)CC(Nc2ncccc2C#N)C1. The number of nitrogens with zero attached hydrogens (tertiary/aromatic N) is 2. The first-order chi connectivity index (χ1) is 8.19. The van der Waals surface area contributed by atoms with Crippen molar-refractivity contribution in [1.82, 2.24) is 4.98 Å². The Kier molecular flexibility index (Phi) is 3.63. The fourth-order valence-electron chi connectivity index (χ4n) is 2.87. The van der Waals surface area contributed by atoms with E-state index < -0.39 is 0 Å². The van der Waals surface area contributed by atoms with Gasteiger partial charge < -0.3 is 5.32 Å². The summed E-state index contributed by atoms with van der Waals surface area (Å²) in [6.45, 7) is 4.60. The molecule has 1 heterocycles. The van der Waals surface area contributed by atoms with Gasteiger partial charge in [-0.2, -0.15) is 5.26 Å². The molecule has 1 aliphatic carbocycles. The van der Waals surface area contributed by atoms with Gasteiger partial charge in [0.1, 0.15) is 11.9 Å². The van der Waals surface area contributed by atoms with Gasteiger partial charge in [0.25, 0.3) is 0 Å². The minimum Gasteiger partial charge on any atom is -0.366 e. The van der Waals surface area contributed by atoms with Gasteiger partial charge in [0.2, 0.25) is 0 Å². The van der Waals surface area contributed by atoms with E-state index in [1.165, 1.54) is 19.3 Å². The first-order valence-electron chi connectivity index (χ1n) is 6.30. The van der Waals surface area contributed by atoms with E-state index in [-0.39, 0.29) is 0 Å². The zero-order valence-electron chi connectivity index (χ0n) is 10.5. The summed E-state index contributed by atoms with van der Waals surface area (Å²) in [6, 6.07) is 6.25. The Labute approximate surface area is 103 Å². The molecule has 0 bridgehead atoms. The summed E-state index contributed by atoms with van der Waals surface area (Å²) >= 11 is 0. The van der Waals surface area contributed by atoms with Crippen LogP contribution in [0.25, 0.3) is 0 Å². The van der Waals surface area contributed by atoms with Crippen LogP contribution in [-0.2, 0) is 0 Å². The molecule has 3 nitrogen and oxygen atoms in total. The van der Waals surface area contributed by atoms with Crippen LogP contribution >= 0.6 is 0 Å². The van der Waals surface area contributed by atoms with E-state index in [2.05, 4.69) is 30.2 Å². The first-order valence-corrected chi connectivity index (χ1v) is 6.30. The second kappa shape index (κ2) is 5.18. The van der Waals surface area contributed by atoms with Crippen molar-refractivity contribution in [3.63, 3.8) is 0 Å². The van der Waals surface area contributed by atoms with Crippen molar-refractivity contribution in [2.75, 3.05) is 5.32 Å². The highest BCUT2D eigenvalue weighted by Gasteiger charge is 2.24. The number of anilines is 1. The van der Waals surface area contributed by atoms with Gasteiger partial charge in [-0.15, -0.1) is 0 Å². The molecule has 1 fully saturated rings. The standard InChI is InChI=1S/C14H19N3/c1-10-6-11(2)8-13(7-10)17-14-12(9-15)4-3-5-16-14/h3-5,10-11,13H,6-8H2,1-2H3,(H,16,17). The zero-order chi connectivity index (χ0) is 12.3. The molecule has 90 valence electrons. The summed E-state index contributed by atoms with van der Waals surface area (Å²) < 4.78 is 0. The van der Waals surface area contributed by atoms with Crippen molar-refractivity contribution in [2.45, 2.75) is 39.2 Å². The average Bonchev–Trinajstić information content (AvgIpc) is 2.28. The van der Waals surface area contributed by atoms with Crippen LogP contribution in [0.4, 0.5) is 5.82 Å². The van der Waals surface area contributed by atoms with Crippen molar-refractivity contribution >= 4 is 5.82 Å². The monoisotopic (exact) mass is 229 g/mol. The smallest absolute Gasteiger partial charge is 0.144 e. The molecular weight excluding hydrogens is 210 g/mol. The lowest BCUT2D eigenvalue weighted by Gasteiger charge is -2.32. The molecule has 0 saturated heterocycles. The quantitative estimate of drug-likeness (QED) is 0.847. The lowest BCUT2D eigenvalue weighted by atomic mass is 9.80. The predicted octanol–water partition coefficient (Wildman–Crippen LogP) is 3.19. The molecule has 2 rings (SSSR count). The summed E-state index contributed by atoms with van der Waals surface area (Å²) in [5, 5.41) is 12.4. The van der Waals surface area contributed by atoms with Crippen molar-refractivity contribution in [1.29, 1.82) is 5.26 Å². The summed E-state index contributed by atoms with van der Waals surface area (Å²) in [6.07, 6.45) is 5.39. The van der Waals surface area contributed by atoms with E-state index in [9.17, 15) is 0 Å². The minimum atomic E-state index is 0.454. The Morgan fingerprint density at radius 2 is 2.00 bits per heavy atom. The van der Waals surface area contributed by atoms with Crippen LogP contribution in [0.2, 0.25) is 0 Å². The number of aromatic nitrogens is 1. The number of nitrogens with one attached hydrogen (secondary N) is 1. The van der Waals surface area contributed by atoms with Gasteiger partial charge in [0.05, 0.1) is 5.56 Å². The summed E-state index contributed by atoms with van der Waals surface area (Å²) in [5.74, 6) is 2.25. The van der Waals surface area contributed by atoms with E-state index in [1.54, 1.807) is 12.3 Å². The minimum absolute atomic E-state index is 0.454.